The molecule has 0 aromatic heterocycles. The quantitative estimate of drug-likeness (QED) is 0.746. The molecule has 0 aliphatic heterocycles. The molecule has 1 aromatic carbocycles. The average molecular weight is 203 g/mol. The van der Waals surface area contributed by atoms with E-state index in [1.54, 1.807) is 0 Å². The highest BCUT2D eigenvalue weighted by Gasteiger charge is 2.56. The van der Waals surface area contributed by atoms with Gasteiger partial charge in [-0.1, -0.05) is 26.0 Å². The largest absolute Gasteiger partial charge is 0.327 e. The van der Waals surface area contributed by atoms with Crippen LogP contribution in [0.2, 0.25) is 0 Å². The van der Waals surface area contributed by atoms with E-state index in [0.29, 0.717) is 12.0 Å². The molecule has 1 aliphatic rings. The molecule has 0 radical (unpaired) electrons. The minimum absolute atomic E-state index is 0.284. The molecule has 0 spiro atoms. The van der Waals surface area contributed by atoms with Crippen molar-refractivity contribution in [1.82, 2.24) is 0 Å². The molecule has 0 bridgehead atoms. The molecule has 1 nitrogen and oxygen atoms in total. The fourth-order valence-electron chi connectivity index (χ4n) is 2.59. The van der Waals surface area contributed by atoms with E-state index in [1.165, 1.54) is 22.3 Å². The van der Waals surface area contributed by atoms with Crippen molar-refractivity contribution in [1.29, 1.82) is 0 Å². The highest BCUT2D eigenvalue weighted by molar-refractivity contribution is 5.44. The van der Waals surface area contributed by atoms with Gasteiger partial charge in [0.1, 0.15) is 0 Å². The van der Waals surface area contributed by atoms with Crippen molar-refractivity contribution in [3.8, 4) is 0 Å². The molecule has 0 heterocycles. The molecule has 1 aliphatic carbocycles. The van der Waals surface area contributed by atoms with Crippen LogP contribution in [0.1, 0.15) is 42.0 Å². The predicted molar refractivity (Wildman–Crippen MR) is 65.2 cm³/mol. The predicted octanol–water partition coefficient (Wildman–Crippen LogP) is 3.06. The Morgan fingerprint density at radius 3 is 1.93 bits per heavy atom. The summed E-state index contributed by atoms with van der Waals surface area (Å²) in [7, 11) is 0. The van der Waals surface area contributed by atoms with Crippen LogP contribution < -0.4 is 5.73 Å². The van der Waals surface area contributed by atoms with Gasteiger partial charge >= 0.3 is 0 Å². The summed E-state index contributed by atoms with van der Waals surface area (Å²) in [6.07, 6.45) is 0. The van der Waals surface area contributed by atoms with E-state index < -0.39 is 0 Å². The summed E-state index contributed by atoms with van der Waals surface area (Å²) in [6, 6.07) is 4.94. The van der Waals surface area contributed by atoms with Crippen LogP contribution in [0.4, 0.5) is 0 Å². The molecule has 2 rings (SSSR count). The van der Waals surface area contributed by atoms with Gasteiger partial charge in [0.2, 0.25) is 0 Å². The van der Waals surface area contributed by atoms with Gasteiger partial charge in [-0.25, -0.2) is 0 Å². The molecule has 1 aromatic rings. The second kappa shape index (κ2) is 3.08. The van der Waals surface area contributed by atoms with E-state index in [2.05, 4.69) is 46.8 Å². The van der Waals surface area contributed by atoms with Gasteiger partial charge in [-0.2, -0.15) is 0 Å². The third-order valence-corrected chi connectivity index (χ3v) is 4.13. The van der Waals surface area contributed by atoms with E-state index in [9.17, 15) is 0 Å². The molecular formula is C14H21N. The van der Waals surface area contributed by atoms with Gasteiger partial charge in [0.15, 0.2) is 0 Å². The smallest absolute Gasteiger partial charge is 0.0172 e. The standard InChI is InChI=1S/C14H21N/c1-8-6-10(3)11(7-9(8)2)12-13(15)14(12,4)5/h6-7,12-13H,15H2,1-5H3. The average Bonchev–Trinajstić information content (AvgIpc) is 2.60. The van der Waals surface area contributed by atoms with E-state index in [4.69, 9.17) is 5.73 Å². The lowest BCUT2D eigenvalue weighted by atomic mass is 9.94. The molecule has 1 fully saturated rings. The maximum Gasteiger partial charge on any atom is 0.0172 e. The lowest BCUT2D eigenvalue weighted by Crippen LogP contribution is -2.06. The van der Waals surface area contributed by atoms with Gasteiger partial charge in [0.05, 0.1) is 0 Å². The van der Waals surface area contributed by atoms with Crippen molar-refractivity contribution >= 4 is 0 Å². The molecular weight excluding hydrogens is 182 g/mol. The number of nitrogens with two attached hydrogens (primary N) is 1. The minimum atomic E-state index is 0.284. The number of aryl methyl sites for hydroxylation is 3. The molecule has 0 saturated heterocycles. The Bertz CT molecular complexity index is 404. The maximum absolute atomic E-state index is 6.13. The molecule has 15 heavy (non-hydrogen) atoms. The second-order valence-corrected chi connectivity index (χ2v) is 5.62. The summed E-state index contributed by atoms with van der Waals surface area (Å²) >= 11 is 0. The number of hydrogen-bond donors (Lipinski definition) is 1. The molecule has 1 heteroatoms. The first-order valence-electron chi connectivity index (χ1n) is 5.69. The highest BCUT2D eigenvalue weighted by atomic mass is 14.8. The Kier molecular flexibility index (Phi) is 2.20. The van der Waals surface area contributed by atoms with Gasteiger partial charge < -0.3 is 5.73 Å². The van der Waals surface area contributed by atoms with Crippen LogP contribution in [0.25, 0.3) is 0 Å². The fraction of sp³-hybridized carbons (Fsp3) is 0.571. The summed E-state index contributed by atoms with van der Waals surface area (Å²) in [4.78, 5) is 0. The van der Waals surface area contributed by atoms with Crippen LogP contribution in [0.3, 0.4) is 0 Å². The summed E-state index contributed by atoms with van der Waals surface area (Å²) in [5, 5.41) is 0. The Morgan fingerprint density at radius 1 is 1.00 bits per heavy atom. The zero-order valence-corrected chi connectivity index (χ0v) is 10.4. The molecule has 2 atom stereocenters. The van der Waals surface area contributed by atoms with Gasteiger partial charge in [-0.05, 0) is 48.4 Å². The van der Waals surface area contributed by atoms with Gasteiger partial charge in [0, 0.05) is 12.0 Å². The Morgan fingerprint density at radius 2 is 1.47 bits per heavy atom. The first-order chi connectivity index (χ1) is 6.85. The van der Waals surface area contributed by atoms with Crippen LogP contribution in [-0.4, -0.2) is 6.04 Å². The summed E-state index contributed by atoms with van der Waals surface area (Å²) in [6.45, 7) is 11.1. The maximum atomic E-state index is 6.13. The monoisotopic (exact) mass is 203 g/mol. The van der Waals surface area contributed by atoms with Crippen molar-refractivity contribution < 1.29 is 0 Å². The number of hydrogen-bond acceptors (Lipinski definition) is 1. The topological polar surface area (TPSA) is 26.0 Å². The third-order valence-electron chi connectivity index (χ3n) is 4.13. The van der Waals surface area contributed by atoms with E-state index >= 15 is 0 Å². The lowest BCUT2D eigenvalue weighted by Gasteiger charge is -2.10. The van der Waals surface area contributed by atoms with Crippen molar-refractivity contribution in [3.05, 3.63) is 34.4 Å². The number of rotatable bonds is 1. The third kappa shape index (κ3) is 1.50. The van der Waals surface area contributed by atoms with Gasteiger partial charge in [-0.15, -0.1) is 0 Å². The minimum Gasteiger partial charge on any atom is -0.327 e. The second-order valence-electron chi connectivity index (χ2n) is 5.62. The Hall–Kier alpha value is -0.820. The summed E-state index contributed by atoms with van der Waals surface area (Å²) < 4.78 is 0. The number of benzene rings is 1. The first-order valence-corrected chi connectivity index (χ1v) is 5.69. The molecule has 2 unspecified atom stereocenters. The van der Waals surface area contributed by atoms with Crippen molar-refractivity contribution in [2.45, 2.75) is 46.6 Å². The normalized spacial score (nSPS) is 27.9. The van der Waals surface area contributed by atoms with Crippen LogP contribution in [0.5, 0.6) is 0 Å². The van der Waals surface area contributed by atoms with Crippen molar-refractivity contribution in [3.63, 3.8) is 0 Å². The SMILES string of the molecule is Cc1cc(C)c(C2C(N)C2(C)C)cc1C. The van der Waals surface area contributed by atoms with E-state index in [0.717, 1.165) is 0 Å². The van der Waals surface area contributed by atoms with Crippen LogP contribution in [-0.2, 0) is 0 Å². The molecule has 82 valence electrons. The van der Waals surface area contributed by atoms with Gasteiger partial charge in [-0.3, -0.25) is 0 Å². The van der Waals surface area contributed by atoms with Gasteiger partial charge in [0.25, 0.3) is 0 Å². The molecule has 0 amide bonds. The first kappa shape index (κ1) is 10.7. The van der Waals surface area contributed by atoms with Crippen molar-refractivity contribution in [2.75, 3.05) is 0 Å². The van der Waals surface area contributed by atoms with Crippen LogP contribution in [0.15, 0.2) is 12.1 Å². The Labute approximate surface area is 92.7 Å². The van der Waals surface area contributed by atoms with Crippen LogP contribution >= 0.6 is 0 Å². The highest BCUT2D eigenvalue weighted by Crippen LogP contribution is 2.58. The van der Waals surface area contributed by atoms with Crippen LogP contribution in [0, 0.1) is 26.2 Å². The summed E-state index contributed by atoms with van der Waals surface area (Å²) in [5.74, 6) is 0.553. The zero-order chi connectivity index (χ0) is 11.4. The van der Waals surface area contributed by atoms with E-state index in [1.807, 2.05) is 0 Å². The van der Waals surface area contributed by atoms with Crippen molar-refractivity contribution in [2.24, 2.45) is 11.1 Å². The zero-order valence-electron chi connectivity index (χ0n) is 10.4. The fourth-order valence-corrected chi connectivity index (χ4v) is 2.59. The molecule has 2 N–H and O–H groups in total. The lowest BCUT2D eigenvalue weighted by molar-refractivity contribution is 0.598. The van der Waals surface area contributed by atoms with E-state index in [-0.39, 0.29) is 5.41 Å². The summed E-state index contributed by atoms with van der Waals surface area (Å²) in [5.41, 5.74) is 12.0. The molecule has 1 saturated carbocycles. The Balaban J connectivity index is 2.43.